The van der Waals surface area contributed by atoms with Crippen LogP contribution in [0.4, 0.5) is 0 Å². The molecule has 0 aliphatic carbocycles. The summed E-state index contributed by atoms with van der Waals surface area (Å²) >= 11 is 0. The largest absolute Gasteiger partial charge is 0.489 e. The Bertz CT molecular complexity index is 559. The van der Waals surface area contributed by atoms with Gasteiger partial charge in [0.05, 0.1) is 6.54 Å². The second kappa shape index (κ2) is 13.2. The second-order valence-electron chi connectivity index (χ2n) is 7.26. The van der Waals surface area contributed by atoms with Gasteiger partial charge in [-0.1, -0.05) is 31.5 Å². The van der Waals surface area contributed by atoms with Crippen molar-refractivity contribution in [3.05, 3.63) is 29.8 Å². The van der Waals surface area contributed by atoms with E-state index in [9.17, 15) is 0 Å². The summed E-state index contributed by atoms with van der Waals surface area (Å²) < 4.78 is 6.03. The number of para-hydroxylation sites is 1. The Hall–Kier alpha value is -1.02. The first kappa shape index (κ1) is 24.0. The zero-order valence-electron chi connectivity index (χ0n) is 17.3. The molecule has 0 aromatic heterocycles. The molecule has 0 saturated carbocycles. The minimum atomic E-state index is 0. The molecule has 27 heavy (non-hydrogen) atoms. The molecule has 1 aliphatic rings. The van der Waals surface area contributed by atoms with E-state index in [1.54, 1.807) is 0 Å². The first-order valence-corrected chi connectivity index (χ1v) is 10.0. The zero-order valence-corrected chi connectivity index (χ0v) is 19.7. The van der Waals surface area contributed by atoms with Gasteiger partial charge in [0.15, 0.2) is 5.96 Å². The Morgan fingerprint density at radius 2 is 2.00 bits per heavy atom. The molecule has 0 bridgehead atoms. The Balaban J connectivity index is 0.00000364. The average molecular weight is 488 g/mol. The molecule has 1 fully saturated rings. The van der Waals surface area contributed by atoms with Gasteiger partial charge in [0, 0.05) is 26.2 Å². The van der Waals surface area contributed by atoms with Crippen molar-refractivity contribution in [2.24, 2.45) is 4.99 Å². The zero-order chi connectivity index (χ0) is 18.8. The lowest BCUT2D eigenvalue weighted by molar-refractivity contribution is 0.202. The summed E-state index contributed by atoms with van der Waals surface area (Å²) in [7, 11) is 1.83. The number of ether oxygens (including phenoxy) is 1. The quantitative estimate of drug-likeness (QED) is 0.332. The Morgan fingerprint density at radius 1 is 1.30 bits per heavy atom. The number of nitrogens with one attached hydrogen (secondary N) is 2. The van der Waals surface area contributed by atoms with E-state index in [0.29, 0.717) is 6.04 Å². The molecule has 0 radical (unpaired) electrons. The molecule has 6 heteroatoms. The van der Waals surface area contributed by atoms with Crippen LogP contribution in [-0.2, 0) is 0 Å². The van der Waals surface area contributed by atoms with Crippen LogP contribution in [-0.4, -0.2) is 56.2 Å². The summed E-state index contributed by atoms with van der Waals surface area (Å²) in [6, 6.07) is 8.64. The molecule has 1 saturated heterocycles. The van der Waals surface area contributed by atoms with Crippen molar-refractivity contribution in [1.82, 2.24) is 15.5 Å². The number of nitrogens with zero attached hydrogens (tertiary/aromatic N) is 2. The predicted molar refractivity (Wildman–Crippen MR) is 126 cm³/mol. The fourth-order valence-corrected chi connectivity index (χ4v) is 3.26. The highest BCUT2D eigenvalue weighted by atomic mass is 127. The van der Waals surface area contributed by atoms with Gasteiger partial charge in [0.1, 0.15) is 11.9 Å². The second-order valence-corrected chi connectivity index (χ2v) is 7.26. The van der Waals surface area contributed by atoms with Crippen LogP contribution in [0.25, 0.3) is 0 Å². The number of likely N-dealkylation sites (tertiary alicyclic amines) is 1. The molecular formula is C21H37IN4O. The lowest BCUT2D eigenvalue weighted by atomic mass is 10.0. The highest BCUT2D eigenvalue weighted by molar-refractivity contribution is 14.0. The number of unbranched alkanes of at least 4 members (excludes halogenated alkanes) is 1. The van der Waals surface area contributed by atoms with E-state index in [1.165, 1.54) is 45.3 Å². The van der Waals surface area contributed by atoms with Gasteiger partial charge >= 0.3 is 0 Å². The Kier molecular flexibility index (Phi) is 11.7. The predicted octanol–water partition coefficient (Wildman–Crippen LogP) is 3.81. The van der Waals surface area contributed by atoms with Gasteiger partial charge in [-0.25, -0.2) is 0 Å². The van der Waals surface area contributed by atoms with Crippen LogP contribution in [0, 0.1) is 6.92 Å². The molecule has 1 aromatic carbocycles. The van der Waals surface area contributed by atoms with Crippen molar-refractivity contribution in [2.75, 3.05) is 33.2 Å². The monoisotopic (exact) mass is 488 g/mol. The summed E-state index contributed by atoms with van der Waals surface area (Å²) in [5.41, 5.74) is 1.16. The number of piperidine rings is 1. The van der Waals surface area contributed by atoms with Crippen LogP contribution in [0.15, 0.2) is 29.3 Å². The minimum absolute atomic E-state index is 0. The van der Waals surface area contributed by atoms with Crippen molar-refractivity contribution >= 4 is 29.9 Å². The molecule has 154 valence electrons. The van der Waals surface area contributed by atoms with E-state index in [2.05, 4.69) is 47.4 Å². The third-order valence-corrected chi connectivity index (χ3v) is 4.96. The van der Waals surface area contributed by atoms with Gasteiger partial charge in [0.2, 0.25) is 0 Å². The molecule has 1 aromatic rings. The van der Waals surface area contributed by atoms with Gasteiger partial charge in [-0.15, -0.1) is 24.0 Å². The van der Waals surface area contributed by atoms with Crippen LogP contribution < -0.4 is 15.4 Å². The summed E-state index contributed by atoms with van der Waals surface area (Å²) in [6.07, 6.45) is 5.02. The molecule has 0 amide bonds. The number of halogens is 1. The number of rotatable bonds is 8. The highest BCUT2D eigenvalue weighted by Crippen LogP contribution is 2.17. The molecule has 1 atom stereocenters. The van der Waals surface area contributed by atoms with Crippen LogP contribution in [0.3, 0.4) is 0 Å². The number of benzene rings is 1. The van der Waals surface area contributed by atoms with Gasteiger partial charge in [-0.05, 0) is 51.3 Å². The maximum Gasteiger partial charge on any atom is 0.191 e. The maximum atomic E-state index is 6.03. The number of aliphatic imine (C=N–C) groups is 1. The molecule has 2 rings (SSSR count). The minimum Gasteiger partial charge on any atom is -0.489 e. The topological polar surface area (TPSA) is 48.9 Å². The molecule has 2 N–H and O–H groups in total. The first-order valence-electron chi connectivity index (χ1n) is 10.0. The van der Waals surface area contributed by atoms with Gasteiger partial charge in [0.25, 0.3) is 0 Å². The summed E-state index contributed by atoms with van der Waals surface area (Å²) in [6.45, 7) is 10.7. The first-order chi connectivity index (χ1) is 12.6. The lowest BCUT2D eigenvalue weighted by Crippen LogP contribution is -2.50. The Labute approximate surface area is 182 Å². The fourth-order valence-electron chi connectivity index (χ4n) is 3.26. The van der Waals surface area contributed by atoms with Crippen molar-refractivity contribution in [1.29, 1.82) is 0 Å². The van der Waals surface area contributed by atoms with E-state index in [1.807, 2.05) is 25.2 Å². The lowest BCUT2D eigenvalue weighted by Gasteiger charge is -2.33. The Morgan fingerprint density at radius 3 is 2.63 bits per heavy atom. The van der Waals surface area contributed by atoms with E-state index in [4.69, 9.17) is 4.74 Å². The summed E-state index contributed by atoms with van der Waals surface area (Å²) in [4.78, 5) is 6.95. The van der Waals surface area contributed by atoms with E-state index in [-0.39, 0.29) is 30.1 Å². The van der Waals surface area contributed by atoms with E-state index in [0.717, 1.165) is 23.8 Å². The van der Waals surface area contributed by atoms with E-state index < -0.39 is 0 Å². The SMILES string of the molecule is CCCCN1CCC(NC(=NC)NCC(C)Oc2ccccc2C)CC1.I. The molecule has 5 nitrogen and oxygen atoms in total. The standard InChI is InChI=1S/C21H36N4O.HI/c1-5-6-13-25-14-11-19(12-15-25)24-21(22-4)23-16-18(3)26-20-10-8-7-9-17(20)2;/h7-10,18-19H,5-6,11-16H2,1-4H3,(H2,22,23,24);1H. The molecule has 1 heterocycles. The van der Waals surface area contributed by atoms with Crippen molar-refractivity contribution in [3.8, 4) is 5.75 Å². The van der Waals surface area contributed by atoms with Crippen molar-refractivity contribution < 1.29 is 4.74 Å². The maximum absolute atomic E-state index is 6.03. The molecule has 1 aliphatic heterocycles. The number of guanidine groups is 1. The number of aryl methyl sites for hydroxylation is 1. The van der Waals surface area contributed by atoms with Crippen molar-refractivity contribution in [2.45, 2.75) is 58.6 Å². The summed E-state index contributed by atoms with van der Waals surface area (Å²) in [5, 5.41) is 6.97. The van der Waals surface area contributed by atoms with Crippen molar-refractivity contribution in [3.63, 3.8) is 0 Å². The molecule has 1 unspecified atom stereocenters. The van der Waals surface area contributed by atoms with Gasteiger partial charge in [-0.3, -0.25) is 4.99 Å². The normalized spacial score (nSPS) is 17.1. The highest BCUT2D eigenvalue weighted by Gasteiger charge is 2.19. The third kappa shape index (κ3) is 8.68. The number of hydrogen-bond donors (Lipinski definition) is 2. The number of hydrogen-bond acceptors (Lipinski definition) is 3. The summed E-state index contributed by atoms with van der Waals surface area (Å²) in [5.74, 6) is 1.82. The van der Waals surface area contributed by atoms with Gasteiger partial charge < -0.3 is 20.3 Å². The third-order valence-electron chi connectivity index (χ3n) is 4.96. The van der Waals surface area contributed by atoms with Crippen LogP contribution in [0.1, 0.15) is 45.1 Å². The average Bonchev–Trinajstić information content (AvgIpc) is 2.66. The van der Waals surface area contributed by atoms with Crippen LogP contribution >= 0.6 is 24.0 Å². The molecule has 0 spiro atoms. The fraction of sp³-hybridized carbons (Fsp3) is 0.667. The molecular weight excluding hydrogens is 451 g/mol. The van der Waals surface area contributed by atoms with Gasteiger partial charge in [-0.2, -0.15) is 0 Å². The van der Waals surface area contributed by atoms with Crippen LogP contribution in [0.2, 0.25) is 0 Å². The van der Waals surface area contributed by atoms with E-state index >= 15 is 0 Å². The van der Waals surface area contributed by atoms with Crippen LogP contribution in [0.5, 0.6) is 5.75 Å². The smallest absolute Gasteiger partial charge is 0.191 e.